The number of benzene rings is 1. The number of methoxy groups -OCH3 is 2. The van der Waals surface area contributed by atoms with Crippen molar-refractivity contribution in [3.05, 3.63) is 54.4 Å². The topological polar surface area (TPSA) is 85.6 Å². The van der Waals surface area contributed by atoms with E-state index in [1.165, 1.54) is 0 Å². The highest BCUT2D eigenvalue weighted by molar-refractivity contribution is 5.95. The standard InChI is InChI=1S/C20H22N6O3/c1-28-16-5-4-15(14-17(16)29-2)20(27)25-12-10-24(11-13-25)18-6-7-19(23-22-18)26-9-3-8-21-26/h3-9,14H,10-13H2,1-2H3. The lowest BCUT2D eigenvalue weighted by molar-refractivity contribution is 0.0746. The lowest BCUT2D eigenvalue weighted by Gasteiger charge is -2.35. The van der Waals surface area contributed by atoms with Crippen LogP contribution in [-0.2, 0) is 0 Å². The van der Waals surface area contributed by atoms with E-state index in [4.69, 9.17) is 9.47 Å². The summed E-state index contributed by atoms with van der Waals surface area (Å²) in [5.41, 5.74) is 0.583. The van der Waals surface area contributed by atoms with Crippen LogP contribution in [0.1, 0.15) is 10.4 Å². The molecule has 3 aromatic rings. The third-order valence-corrected chi connectivity index (χ3v) is 4.90. The van der Waals surface area contributed by atoms with Gasteiger partial charge in [0.05, 0.1) is 14.2 Å². The molecule has 1 amide bonds. The summed E-state index contributed by atoms with van der Waals surface area (Å²) in [5, 5.41) is 12.7. The molecule has 0 radical (unpaired) electrons. The Labute approximate surface area is 168 Å². The van der Waals surface area contributed by atoms with Gasteiger partial charge in [0.25, 0.3) is 5.91 Å². The van der Waals surface area contributed by atoms with Gasteiger partial charge in [-0.2, -0.15) is 5.10 Å². The Kier molecular flexibility index (Phi) is 5.28. The largest absolute Gasteiger partial charge is 0.493 e. The van der Waals surface area contributed by atoms with E-state index >= 15 is 0 Å². The molecule has 150 valence electrons. The summed E-state index contributed by atoms with van der Waals surface area (Å²) in [7, 11) is 3.13. The predicted molar refractivity (Wildman–Crippen MR) is 107 cm³/mol. The van der Waals surface area contributed by atoms with Gasteiger partial charge in [-0.15, -0.1) is 10.2 Å². The number of amides is 1. The molecular weight excluding hydrogens is 372 g/mol. The van der Waals surface area contributed by atoms with Crippen molar-refractivity contribution in [3.8, 4) is 17.3 Å². The maximum Gasteiger partial charge on any atom is 0.254 e. The number of hydrogen-bond acceptors (Lipinski definition) is 7. The average molecular weight is 394 g/mol. The monoisotopic (exact) mass is 394 g/mol. The van der Waals surface area contributed by atoms with Gasteiger partial charge in [-0.1, -0.05) is 0 Å². The summed E-state index contributed by atoms with van der Waals surface area (Å²) >= 11 is 0. The molecule has 1 aliphatic heterocycles. The first-order chi connectivity index (χ1) is 14.2. The quantitative estimate of drug-likeness (QED) is 0.650. The second-order valence-corrected chi connectivity index (χ2v) is 6.55. The van der Waals surface area contributed by atoms with Gasteiger partial charge >= 0.3 is 0 Å². The lowest BCUT2D eigenvalue weighted by Crippen LogP contribution is -2.49. The van der Waals surface area contributed by atoms with Crippen LogP contribution >= 0.6 is 0 Å². The first-order valence-electron chi connectivity index (χ1n) is 9.29. The van der Waals surface area contributed by atoms with Crippen LogP contribution in [0, 0.1) is 0 Å². The van der Waals surface area contributed by atoms with Crippen LogP contribution in [0.25, 0.3) is 5.82 Å². The van der Waals surface area contributed by atoms with Crippen LogP contribution in [0.3, 0.4) is 0 Å². The fourth-order valence-electron chi connectivity index (χ4n) is 3.30. The van der Waals surface area contributed by atoms with Gasteiger partial charge in [0.15, 0.2) is 23.1 Å². The Bertz CT molecular complexity index is 966. The van der Waals surface area contributed by atoms with Gasteiger partial charge in [-0.3, -0.25) is 4.79 Å². The normalized spacial score (nSPS) is 14.0. The number of nitrogens with zero attached hydrogens (tertiary/aromatic N) is 6. The molecule has 0 aliphatic carbocycles. The average Bonchev–Trinajstić information content (AvgIpc) is 3.33. The Hall–Kier alpha value is -3.62. The number of piperazine rings is 1. The van der Waals surface area contributed by atoms with Crippen LogP contribution in [0.2, 0.25) is 0 Å². The molecule has 9 heteroatoms. The van der Waals surface area contributed by atoms with Gasteiger partial charge in [0.2, 0.25) is 0 Å². The summed E-state index contributed by atoms with van der Waals surface area (Å²) in [6.45, 7) is 2.59. The third-order valence-electron chi connectivity index (χ3n) is 4.90. The minimum Gasteiger partial charge on any atom is -0.493 e. The van der Waals surface area contributed by atoms with Crippen molar-refractivity contribution in [2.75, 3.05) is 45.3 Å². The van der Waals surface area contributed by atoms with Crippen LogP contribution in [0.15, 0.2) is 48.8 Å². The molecule has 2 aromatic heterocycles. The first-order valence-corrected chi connectivity index (χ1v) is 9.29. The van der Waals surface area contributed by atoms with Crippen molar-refractivity contribution >= 4 is 11.7 Å². The number of ether oxygens (including phenoxy) is 2. The van der Waals surface area contributed by atoms with Gasteiger partial charge in [-0.25, -0.2) is 4.68 Å². The lowest BCUT2D eigenvalue weighted by atomic mass is 10.1. The Morgan fingerprint density at radius 2 is 1.66 bits per heavy atom. The van der Waals surface area contributed by atoms with Gasteiger partial charge in [0.1, 0.15) is 0 Å². The predicted octanol–water partition coefficient (Wildman–Crippen LogP) is 1.64. The van der Waals surface area contributed by atoms with Crippen molar-refractivity contribution in [2.45, 2.75) is 0 Å². The van der Waals surface area contributed by atoms with Crippen LogP contribution in [0.5, 0.6) is 11.5 Å². The molecule has 3 heterocycles. The van der Waals surface area contributed by atoms with Crippen LogP contribution in [0.4, 0.5) is 5.82 Å². The highest BCUT2D eigenvalue weighted by Gasteiger charge is 2.24. The zero-order valence-electron chi connectivity index (χ0n) is 16.4. The number of aromatic nitrogens is 4. The molecule has 0 atom stereocenters. The third kappa shape index (κ3) is 3.84. The van der Waals surface area contributed by atoms with E-state index in [9.17, 15) is 4.79 Å². The summed E-state index contributed by atoms with van der Waals surface area (Å²) in [5.74, 6) is 2.58. The molecule has 1 aliphatic rings. The van der Waals surface area contributed by atoms with E-state index in [0.717, 1.165) is 5.82 Å². The number of anilines is 1. The van der Waals surface area contributed by atoms with E-state index in [1.54, 1.807) is 43.3 Å². The number of carbonyl (C=O) groups excluding carboxylic acids is 1. The van der Waals surface area contributed by atoms with Crippen LogP contribution < -0.4 is 14.4 Å². The molecule has 0 N–H and O–H groups in total. The van der Waals surface area contributed by atoms with E-state index < -0.39 is 0 Å². The maximum atomic E-state index is 12.9. The fraction of sp³-hybridized carbons (Fsp3) is 0.300. The summed E-state index contributed by atoms with van der Waals surface area (Å²) in [6.07, 6.45) is 3.52. The van der Waals surface area contributed by atoms with E-state index in [2.05, 4.69) is 20.2 Å². The minimum absolute atomic E-state index is 0.0225. The number of carbonyl (C=O) groups is 1. The van der Waals surface area contributed by atoms with Crippen molar-refractivity contribution < 1.29 is 14.3 Å². The molecule has 0 spiro atoms. The maximum absolute atomic E-state index is 12.9. The van der Waals surface area contributed by atoms with Crippen molar-refractivity contribution in [2.24, 2.45) is 0 Å². The van der Waals surface area contributed by atoms with E-state index in [-0.39, 0.29) is 5.91 Å². The van der Waals surface area contributed by atoms with Gasteiger partial charge in [0, 0.05) is 44.1 Å². The summed E-state index contributed by atoms with van der Waals surface area (Å²) < 4.78 is 12.2. The smallest absolute Gasteiger partial charge is 0.254 e. The van der Waals surface area contributed by atoms with Crippen LogP contribution in [-0.4, -0.2) is 71.2 Å². The molecule has 29 heavy (non-hydrogen) atoms. The second-order valence-electron chi connectivity index (χ2n) is 6.55. The van der Waals surface area contributed by atoms with Gasteiger partial charge in [-0.05, 0) is 36.4 Å². The molecule has 1 saturated heterocycles. The van der Waals surface area contributed by atoms with Crippen molar-refractivity contribution in [1.82, 2.24) is 24.9 Å². The second kappa shape index (κ2) is 8.17. The van der Waals surface area contributed by atoms with E-state index in [1.807, 2.05) is 29.3 Å². The highest BCUT2D eigenvalue weighted by Crippen LogP contribution is 2.28. The molecule has 0 bridgehead atoms. The Morgan fingerprint density at radius 1 is 0.931 bits per heavy atom. The highest BCUT2D eigenvalue weighted by atomic mass is 16.5. The Morgan fingerprint density at radius 3 is 2.28 bits per heavy atom. The SMILES string of the molecule is COc1ccc(C(=O)N2CCN(c3ccc(-n4cccn4)nn3)CC2)cc1OC. The number of hydrogen-bond donors (Lipinski definition) is 0. The molecule has 0 unspecified atom stereocenters. The molecule has 1 fully saturated rings. The summed E-state index contributed by atoms with van der Waals surface area (Å²) in [6, 6.07) is 10.9. The van der Waals surface area contributed by atoms with Crippen molar-refractivity contribution in [1.29, 1.82) is 0 Å². The van der Waals surface area contributed by atoms with Gasteiger partial charge < -0.3 is 19.3 Å². The molecular formula is C20H22N6O3. The van der Waals surface area contributed by atoms with Crippen molar-refractivity contribution in [3.63, 3.8) is 0 Å². The Balaban J connectivity index is 1.39. The molecule has 1 aromatic carbocycles. The minimum atomic E-state index is -0.0225. The molecule has 9 nitrogen and oxygen atoms in total. The zero-order valence-corrected chi connectivity index (χ0v) is 16.4. The fourth-order valence-corrected chi connectivity index (χ4v) is 3.30. The van der Waals surface area contributed by atoms with E-state index in [0.29, 0.717) is 49.1 Å². The first kappa shape index (κ1) is 18.7. The molecule has 0 saturated carbocycles. The summed E-state index contributed by atoms with van der Waals surface area (Å²) in [4.78, 5) is 16.8. The zero-order chi connectivity index (χ0) is 20.2. The number of rotatable bonds is 5. The molecule has 4 rings (SSSR count).